The number of amides is 1. The molecule has 0 saturated heterocycles. The standard InChI is InChI=1S/C12H24N2O2/c1-10(3-2-7-13)11(16)14-9-12(4-5-12)6-8-15/h10,15H,2-9,13H2,1H3,(H,14,16). The van der Waals surface area contributed by atoms with Gasteiger partial charge in [0.15, 0.2) is 0 Å². The fourth-order valence-corrected chi connectivity index (χ4v) is 1.93. The Kier molecular flexibility index (Phi) is 5.22. The van der Waals surface area contributed by atoms with Crippen LogP contribution in [0.25, 0.3) is 0 Å². The fourth-order valence-electron chi connectivity index (χ4n) is 1.93. The lowest BCUT2D eigenvalue weighted by Gasteiger charge is -2.17. The molecule has 1 saturated carbocycles. The molecule has 1 aliphatic carbocycles. The molecule has 0 aliphatic heterocycles. The molecular weight excluding hydrogens is 204 g/mol. The van der Waals surface area contributed by atoms with Gasteiger partial charge in [0.25, 0.3) is 0 Å². The minimum atomic E-state index is 0.0495. The maximum Gasteiger partial charge on any atom is 0.222 e. The molecule has 4 N–H and O–H groups in total. The molecule has 0 aromatic carbocycles. The maximum atomic E-state index is 11.7. The molecule has 1 rings (SSSR count). The van der Waals surface area contributed by atoms with Crippen molar-refractivity contribution in [1.82, 2.24) is 5.32 Å². The highest BCUT2D eigenvalue weighted by Gasteiger charge is 2.41. The van der Waals surface area contributed by atoms with Crippen molar-refractivity contribution in [3.05, 3.63) is 0 Å². The molecule has 94 valence electrons. The van der Waals surface area contributed by atoms with E-state index in [0.29, 0.717) is 6.54 Å². The second-order valence-electron chi connectivity index (χ2n) is 5.02. The molecule has 0 aromatic rings. The highest BCUT2D eigenvalue weighted by atomic mass is 16.3. The van der Waals surface area contributed by atoms with Crippen molar-refractivity contribution in [3.63, 3.8) is 0 Å². The van der Waals surface area contributed by atoms with Gasteiger partial charge in [0.05, 0.1) is 0 Å². The molecule has 0 heterocycles. The quantitative estimate of drug-likeness (QED) is 0.570. The van der Waals surface area contributed by atoms with E-state index in [1.54, 1.807) is 0 Å². The van der Waals surface area contributed by atoms with Gasteiger partial charge in [-0.15, -0.1) is 0 Å². The van der Waals surface area contributed by atoms with Gasteiger partial charge >= 0.3 is 0 Å². The van der Waals surface area contributed by atoms with E-state index in [-0.39, 0.29) is 23.8 Å². The molecule has 0 radical (unpaired) electrons. The van der Waals surface area contributed by atoms with Crippen LogP contribution in [0, 0.1) is 11.3 Å². The van der Waals surface area contributed by atoms with Crippen LogP contribution in [0.5, 0.6) is 0 Å². The number of hydrogen-bond acceptors (Lipinski definition) is 3. The van der Waals surface area contributed by atoms with Crippen molar-refractivity contribution in [2.75, 3.05) is 19.7 Å². The summed E-state index contributed by atoms with van der Waals surface area (Å²) in [5, 5.41) is 11.9. The van der Waals surface area contributed by atoms with Crippen molar-refractivity contribution < 1.29 is 9.90 Å². The third-order valence-corrected chi connectivity index (χ3v) is 3.53. The van der Waals surface area contributed by atoms with Crippen molar-refractivity contribution >= 4 is 5.91 Å². The Morgan fingerprint density at radius 2 is 2.25 bits per heavy atom. The normalized spacial score (nSPS) is 19.2. The number of aliphatic hydroxyl groups excluding tert-OH is 1. The van der Waals surface area contributed by atoms with Crippen LogP contribution in [-0.2, 0) is 4.79 Å². The van der Waals surface area contributed by atoms with E-state index in [0.717, 1.165) is 38.6 Å². The number of aliphatic hydroxyl groups is 1. The van der Waals surface area contributed by atoms with Crippen molar-refractivity contribution in [2.45, 2.75) is 39.0 Å². The molecule has 1 unspecified atom stereocenters. The van der Waals surface area contributed by atoms with Crippen LogP contribution in [0.1, 0.15) is 39.0 Å². The summed E-state index contributed by atoms with van der Waals surface area (Å²) < 4.78 is 0. The van der Waals surface area contributed by atoms with Crippen LogP contribution in [0.4, 0.5) is 0 Å². The topological polar surface area (TPSA) is 75.4 Å². The zero-order chi connectivity index (χ0) is 12.0. The Morgan fingerprint density at radius 1 is 1.56 bits per heavy atom. The summed E-state index contributed by atoms with van der Waals surface area (Å²) in [4.78, 5) is 11.7. The van der Waals surface area contributed by atoms with Crippen molar-refractivity contribution in [1.29, 1.82) is 0 Å². The molecule has 0 bridgehead atoms. The molecular formula is C12H24N2O2. The van der Waals surface area contributed by atoms with E-state index < -0.39 is 0 Å². The van der Waals surface area contributed by atoms with Gasteiger partial charge < -0.3 is 16.2 Å². The molecule has 0 aromatic heterocycles. The van der Waals surface area contributed by atoms with Gasteiger partial charge in [-0.25, -0.2) is 0 Å². The number of rotatable bonds is 8. The minimum absolute atomic E-state index is 0.0495. The molecule has 4 nitrogen and oxygen atoms in total. The molecule has 0 spiro atoms. The Morgan fingerprint density at radius 3 is 2.75 bits per heavy atom. The number of carbonyl (C=O) groups excluding carboxylic acids is 1. The van der Waals surface area contributed by atoms with E-state index in [1.165, 1.54) is 0 Å². The SMILES string of the molecule is CC(CCCN)C(=O)NCC1(CCO)CC1. The lowest BCUT2D eigenvalue weighted by Crippen LogP contribution is -2.34. The zero-order valence-electron chi connectivity index (χ0n) is 10.2. The van der Waals surface area contributed by atoms with Gasteiger partial charge in [0.1, 0.15) is 0 Å². The number of carbonyl (C=O) groups is 1. The summed E-state index contributed by atoms with van der Waals surface area (Å²) in [6.45, 7) is 3.53. The highest BCUT2D eigenvalue weighted by Crippen LogP contribution is 2.47. The number of nitrogens with one attached hydrogen (secondary N) is 1. The predicted molar refractivity (Wildman–Crippen MR) is 63.8 cm³/mol. The van der Waals surface area contributed by atoms with Crippen LogP contribution >= 0.6 is 0 Å². The van der Waals surface area contributed by atoms with Gasteiger partial charge in [-0.1, -0.05) is 6.92 Å². The van der Waals surface area contributed by atoms with Crippen molar-refractivity contribution in [3.8, 4) is 0 Å². The second kappa shape index (κ2) is 6.21. The largest absolute Gasteiger partial charge is 0.396 e. The summed E-state index contributed by atoms with van der Waals surface area (Å²) in [5.41, 5.74) is 5.62. The van der Waals surface area contributed by atoms with E-state index >= 15 is 0 Å². The van der Waals surface area contributed by atoms with Crippen LogP contribution in [0.3, 0.4) is 0 Å². The monoisotopic (exact) mass is 228 g/mol. The molecule has 1 aliphatic rings. The number of nitrogens with two attached hydrogens (primary N) is 1. The lowest BCUT2D eigenvalue weighted by molar-refractivity contribution is -0.125. The summed E-state index contributed by atoms with van der Waals surface area (Å²) in [6.07, 6.45) is 4.83. The molecule has 4 heteroatoms. The molecule has 1 fully saturated rings. The van der Waals surface area contributed by atoms with Gasteiger partial charge in [-0.2, -0.15) is 0 Å². The lowest BCUT2D eigenvalue weighted by atomic mass is 10.0. The third kappa shape index (κ3) is 4.10. The maximum absolute atomic E-state index is 11.7. The first-order valence-corrected chi connectivity index (χ1v) is 6.22. The molecule has 1 amide bonds. The van der Waals surface area contributed by atoms with E-state index in [4.69, 9.17) is 10.8 Å². The predicted octanol–water partition coefficient (Wildman–Crippen LogP) is 0.640. The zero-order valence-corrected chi connectivity index (χ0v) is 10.2. The fraction of sp³-hybridized carbons (Fsp3) is 0.917. The van der Waals surface area contributed by atoms with Gasteiger partial charge in [-0.05, 0) is 44.1 Å². The van der Waals surface area contributed by atoms with E-state index in [1.807, 2.05) is 6.92 Å². The van der Waals surface area contributed by atoms with Crippen LogP contribution < -0.4 is 11.1 Å². The van der Waals surface area contributed by atoms with E-state index in [2.05, 4.69) is 5.32 Å². The summed E-state index contributed by atoms with van der Waals surface area (Å²) in [6, 6.07) is 0. The van der Waals surface area contributed by atoms with Crippen LogP contribution in [-0.4, -0.2) is 30.7 Å². The average molecular weight is 228 g/mol. The Bertz CT molecular complexity index is 227. The van der Waals surface area contributed by atoms with Crippen molar-refractivity contribution in [2.24, 2.45) is 17.1 Å². The first-order valence-electron chi connectivity index (χ1n) is 6.22. The van der Waals surface area contributed by atoms with Crippen LogP contribution in [0.15, 0.2) is 0 Å². The average Bonchev–Trinajstić information content (AvgIpc) is 3.03. The molecule has 16 heavy (non-hydrogen) atoms. The first kappa shape index (κ1) is 13.5. The summed E-state index contributed by atoms with van der Waals surface area (Å²) in [7, 11) is 0. The highest BCUT2D eigenvalue weighted by molar-refractivity contribution is 5.78. The Balaban J connectivity index is 2.19. The van der Waals surface area contributed by atoms with Gasteiger partial charge in [0, 0.05) is 19.1 Å². The molecule has 1 atom stereocenters. The minimum Gasteiger partial charge on any atom is -0.396 e. The van der Waals surface area contributed by atoms with Gasteiger partial charge in [0.2, 0.25) is 5.91 Å². The van der Waals surface area contributed by atoms with E-state index in [9.17, 15) is 4.79 Å². The number of hydrogen-bond donors (Lipinski definition) is 3. The smallest absolute Gasteiger partial charge is 0.222 e. The Hall–Kier alpha value is -0.610. The summed E-state index contributed by atoms with van der Waals surface area (Å²) in [5.74, 6) is 0.172. The van der Waals surface area contributed by atoms with Gasteiger partial charge in [-0.3, -0.25) is 4.79 Å². The Labute approximate surface area is 97.6 Å². The summed E-state index contributed by atoms with van der Waals surface area (Å²) >= 11 is 0. The second-order valence-corrected chi connectivity index (χ2v) is 5.02. The first-order chi connectivity index (χ1) is 7.63. The third-order valence-electron chi connectivity index (χ3n) is 3.53. The van der Waals surface area contributed by atoms with Crippen LogP contribution in [0.2, 0.25) is 0 Å².